The molecule has 0 fully saturated rings. The molecule has 6 heteroatoms. The summed E-state index contributed by atoms with van der Waals surface area (Å²) in [4.78, 5) is 4.37. The van der Waals surface area contributed by atoms with Gasteiger partial charge in [-0.3, -0.25) is 0 Å². The van der Waals surface area contributed by atoms with E-state index in [0.717, 1.165) is 11.4 Å². The SMILES string of the molecule is Cc1cc(C)n(-c2ccc(S(=O)O)cn2)n1. The van der Waals surface area contributed by atoms with Crippen LogP contribution in [0, 0.1) is 13.8 Å². The summed E-state index contributed by atoms with van der Waals surface area (Å²) in [6.45, 7) is 3.83. The predicted molar refractivity (Wildman–Crippen MR) is 59.9 cm³/mol. The quantitative estimate of drug-likeness (QED) is 0.803. The fourth-order valence-electron chi connectivity index (χ4n) is 1.46. The summed E-state index contributed by atoms with van der Waals surface area (Å²) in [6, 6.07) is 5.18. The standard InChI is InChI=1S/C10H11N3O2S/c1-7-5-8(2)13(12-7)10-4-3-9(6-11-10)16(14)15/h3-6H,1-2H3,(H,14,15). The molecule has 1 unspecified atom stereocenters. The number of hydrogen-bond acceptors (Lipinski definition) is 3. The Bertz CT molecular complexity index is 533. The highest BCUT2D eigenvalue weighted by atomic mass is 32.2. The minimum atomic E-state index is -1.99. The molecule has 0 spiro atoms. The average molecular weight is 237 g/mol. The summed E-state index contributed by atoms with van der Waals surface area (Å²) in [7, 11) is 0. The summed E-state index contributed by atoms with van der Waals surface area (Å²) >= 11 is -1.99. The van der Waals surface area contributed by atoms with E-state index >= 15 is 0 Å². The second kappa shape index (κ2) is 4.15. The zero-order chi connectivity index (χ0) is 11.7. The van der Waals surface area contributed by atoms with Gasteiger partial charge in [0.15, 0.2) is 16.9 Å². The van der Waals surface area contributed by atoms with E-state index in [1.165, 1.54) is 6.20 Å². The van der Waals surface area contributed by atoms with Crippen LogP contribution < -0.4 is 0 Å². The molecule has 0 aliphatic carbocycles. The summed E-state index contributed by atoms with van der Waals surface area (Å²) in [6.07, 6.45) is 1.38. The molecule has 0 aliphatic rings. The van der Waals surface area contributed by atoms with Crippen LogP contribution in [0.25, 0.3) is 5.82 Å². The van der Waals surface area contributed by atoms with Gasteiger partial charge in [0.05, 0.1) is 10.6 Å². The van der Waals surface area contributed by atoms with Crippen molar-refractivity contribution in [2.24, 2.45) is 0 Å². The van der Waals surface area contributed by atoms with Gasteiger partial charge in [0, 0.05) is 11.9 Å². The third kappa shape index (κ3) is 2.02. The lowest BCUT2D eigenvalue weighted by Gasteiger charge is -2.03. The van der Waals surface area contributed by atoms with Crippen LogP contribution in [0.1, 0.15) is 11.4 Å². The maximum absolute atomic E-state index is 10.8. The number of aromatic nitrogens is 3. The largest absolute Gasteiger partial charge is 0.302 e. The lowest BCUT2D eigenvalue weighted by Crippen LogP contribution is -2.02. The lowest BCUT2D eigenvalue weighted by atomic mass is 10.4. The van der Waals surface area contributed by atoms with Crippen molar-refractivity contribution in [1.29, 1.82) is 0 Å². The second-order valence-electron chi connectivity index (χ2n) is 3.44. The van der Waals surface area contributed by atoms with E-state index in [1.54, 1.807) is 16.8 Å². The molecule has 0 bridgehead atoms. The van der Waals surface area contributed by atoms with Crippen LogP contribution in [0.15, 0.2) is 29.3 Å². The van der Waals surface area contributed by atoms with E-state index in [2.05, 4.69) is 10.1 Å². The fourth-order valence-corrected chi connectivity index (χ4v) is 1.79. The summed E-state index contributed by atoms with van der Waals surface area (Å²) in [5.41, 5.74) is 1.89. The van der Waals surface area contributed by atoms with Gasteiger partial charge in [0.2, 0.25) is 0 Å². The molecule has 0 aromatic carbocycles. The Morgan fingerprint density at radius 3 is 2.56 bits per heavy atom. The number of nitrogens with zero attached hydrogens (tertiary/aromatic N) is 3. The maximum Gasteiger partial charge on any atom is 0.188 e. The highest BCUT2D eigenvalue weighted by Crippen LogP contribution is 2.11. The van der Waals surface area contributed by atoms with Gasteiger partial charge in [0.25, 0.3) is 0 Å². The Hall–Kier alpha value is -1.53. The number of pyridine rings is 1. The molecule has 0 amide bonds. The Morgan fingerprint density at radius 1 is 1.38 bits per heavy atom. The number of rotatable bonds is 2. The van der Waals surface area contributed by atoms with Gasteiger partial charge in [0.1, 0.15) is 0 Å². The van der Waals surface area contributed by atoms with Crippen molar-refractivity contribution in [3.05, 3.63) is 35.8 Å². The van der Waals surface area contributed by atoms with E-state index < -0.39 is 11.1 Å². The van der Waals surface area contributed by atoms with Crippen molar-refractivity contribution in [2.45, 2.75) is 18.7 Å². The first-order chi connectivity index (χ1) is 7.58. The maximum atomic E-state index is 10.8. The van der Waals surface area contributed by atoms with E-state index in [-0.39, 0.29) is 4.90 Å². The van der Waals surface area contributed by atoms with E-state index in [9.17, 15) is 4.21 Å². The minimum Gasteiger partial charge on any atom is -0.302 e. The van der Waals surface area contributed by atoms with Gasteiger partial charge in [-0.2, -0.15) is 5.10 Å². The molecule has 0 saturated heterocycles. The number of aryl methyl sites for hydroxylation is 2. The Kier molecular flexibility index (Phi) is 2.84. The third-order valence-corrected chi connectivity index (χ3v) is 2.79. The topological polar surface area (TPSA) is 68.0 Å². The molecule has 1 atom stereocenters. The molecule has 16 heavy (non-hydrogen) atoms. The molecule has 2 rings (SSSR count). The van der Waals surface area contributed by atoms with Crippen LogP contribution in [0.3, 0.4) is 0 Å². The molecule has 2 heterocycles. The van der Waals surface area contributed by atoms with Crippen LogP contribution >= 0.6 is 0 Å². The van der Waals surface area contributed by atoms with Gasteiger partial charge < -0.3 is 4.55 Å². The molecule has 0 radical (unpaired) electrons. The Morgan fingerprint density at radius 2 is 2.12 bits per heavy atom. The molecule has 2 aromatic rings. The molecule has 5 nitrogen and oxygen atoms in total. The van der Waals surface area contributed by atoms with Crippen LogP contribution in [0.2, 0.25) is 0 Å². The molecule has 0 aliphatic heterocycles. The number of hydrogen-bond donors (Lipinski definition) is 1. The Balaban J connectivity index is 2.42. The van der Waals surface area contributed by atoms with E-state index in [1.807, 2.05) is 19.9 Å². The summed E-state index contributed by atoms with van der Waals surface area (Å²) in [5, 5.41) is 4.27. The molecule has 1 N–H and O–H groups in total. The Labute approximate surface area is 95.4 Å². The monoisotopic (exact) mass is 237 g/mol. The zero-order valence-electron chi connectivity index (χ0n) is 8.91. The summed E-state index contributed by atoms with van der Waals surface area (Å²) < 4.78 is 21.3. The minimum absolute atomic E-state index is 0.283. The highest BCUT2D eigenvalue weighted by molar-refractivity contribution is 7.79. The first-order valence-electron chi connectivity index (χ1n) is 4.68. The first-order valence-corrected chi connectivity index (χ1v) is 5.79. The average Bonchev–Trinajstić information content (AvgIpc) is 2.58. The van der Waals surface area contributed by atoms with Crippen molar-refractivity contribution in [2.75, 3.05) is 0 Å². The van der Waals surface area contributed by atoms with Crippen molar-refractivity contribution in [1.82, 2.24) is 14.8 Å². The van der Waals surface area contributed by atoms with Crippen LogP contribution in [0.5, 0.6) is 0 Å². The molecular weight excluding hydrogens is 226 g/mol. The smallest absolute Gasteiger partial charge is 0.188 e. The van der Waals surface area contributed by atoms with Crippen molar-refractivity contribution < 1.29 is 8.76 Å². The van der Waals surface area contributed by atoms with Crippen LogP contribution in [-0.4, -0.2) is 23.5 Å². The van der Waals surface area contributed by atoms with Crippen molar-refractivity contribution >= 4 is 11.1 Å². The lowest BCUT2D eigenvalue weighted by molar-refractivity contribution is 0.564. The third-order valence-electron chi connectivity index (χ3n) is 2.15. The zero-order valence-corrected chi connectivity index (χ0v) is 9.73. The normalized spacial score (nSPS) is 12.7. The second-order valence-corrected chi connectivity index (χ2v) is 4.41. The van der Waals surface area contributed by atoms with Crippen LogP contribution in [-0.2, 0) is 11.1 Å². The van der Waals surface area contributed by atoms with Gasteiger partial charge in [-0.25, -0.2) is 13.9 Å². The van der Waals surface area contributed by atoms with Crippen LogP contribution in [0.4, 0.5) is 0 Å². The predicted octanol–water partition coefficient (Wildman–Crippen LogP) is 1.46. The van der Waals surface area contributed by atoms with E-state index in [4.69, 9.17) is 4.55 Å². The molecule has 84 valence electrons. The van der Waals surface area contributed by atoms with Crippen molar-refractivity contribution in [3.63, 3.8) is 0 Å². The van der Waals surface area contributed by atoms with E-state index in [0.29, 0.717) is 5.82 Å². The fraction of sp³-hybridized carbons (Fsp3) is 0.200. The van der Waals surface area contributed by atoms with Gasteiger partial charge in [-0.05, 0) is 32.0 Å². The van der Waals surface area contributed by atoms with Gasteiger partial charge >= 0.3 is 0 Å². The molecule has 0 saturated carbocycles. The molecular formula is C10H11N3O2S. The first kappa shape index (κ1) is 11.0. The summed E-state index contributed by atoms with van der Waals surface area (Å²) in [5.74, 6) is 0.639. The highest BCUT2D eigenvalue weighted by Gasteiger charge is 2.06. The van der Waals surface area contributed by atoms with Crippen molar-refractivity contribution in [3.8, 4) is 5.82 Å². The van der Waals surface area contributed by atoms with Gasteiger partial charge in [-0.15, -0.1) is 0 Å². The van der Waals surface area contributed by atoms with Gasteiger partial charge in [-0.1, -0.05) is 0 Å². The molecule has 2 aromatic heterocycles.